The number of nitrogens with zero attached hydrogens (tertiary/aromatic N) is 2. The summed E-state index contributed by atoms with van der Waals surface area (Å²) < 4.78 is -0.492. The number of carbonyl (C=O) groups is 2. The maximum Gasteiger partial charge on any atom is 0.264 e. The Balaban J connectivity index is 1.15. The fourth-order valence-electron chi connectivity index (χ4n) is 5.93. The fraction of sp³-hybridized carbons (Fsp3) is 0.625. The molecule has 2 amide bonds. The highest BCUT2D eigenvalue weighted by Gasteiger charge is 2.49. The number of amidine groups is 1. The minimum atomic E-state index is -0.492. The number of thioether (sulfide) groups is 1. The van der Waals surface area contributed by atoms with Gasteiger partial charge in [0.2, 0.25) is 5.91 Å². The van der Waals surface area contributed by atoms with Crippen molar-refractivity contribution in [1.29, 1.82) is 0 Å². The Morgan fingerprint density at radius 3 is 2.60 bits per heavy atom. The molecule has 6 heteroatoms. The van der Waals surface area contributed by atoms with Gasteiger partial charge in [-0.1, -0.05) is 48.5 Å². The van der Waals surface area contributed by atoms with Gasteiger partial charge in [0.25, 0.3) is 5.91 Å². The Bertz CT molecular complexity index is 849. The lowest BCUT2D eigenvalue weighted by Crippen LogP contribution is -2.47. The van der Waals surface area contributed by atoms with Gasteiger partial charge in [0.15, 0.2) is 5.17 Å². The molecular weight excluding hydrogens is 394 g/mol. The first kappa shape index (κ1) is 20.1. The van der Waals surface area contributed by atoms with Crippen LogP contribution in [0, 0.1) is 17.8 Å². The number of amides is 2. The number of carbonyl (C=O) groups excluding carboxylic acids is 2. The van der Waals surface area contributed by atoms with Gasteiger partial charge in [-0.2, -0.15) is 4.99 Å². The van der Waals surface area contributed by atoms with Crippen LogP contribution in [0.4, 0.5) is 0 Å². The summed E-state index contributed by atoms with van der Waals surface area (Å²) in [5.74, 6) is 2.09. The maximum absolute atomic E-state index is 12.9. The molecule has 160 valence electrons. The molecule has 2 saturated carbocycles. The van der Waals surface area contributed by atoms with E-state index >= 15 is 0 Å². The Kier molecular flexibility index (Phi) is 5.38. The van der Waals surface area contributed by atoms with Crippen LogP contribution in [0.5, 0.6) is 0 Å². The van der Waals surface area contributed by atoms with Crippen LogP contribution < -0.4 is 5.32 Å². The summed E-state index contributed by atoms with van der Waals surface area (Å²) in [5.41, 5.74) is 1.06. The van der Waals surface area contributed by atoms with Crippen molar-refractivity contribution < 1.29 is 9.59 Å². The van der Waals surface area contributed by atoms with Crippen molar-refractivity contribution in [3.05, 3.63) is 35.9 Å². The molecule has 1 saturated heterocycles. The highest BCUT2D eigenvalue weighted by Crippen LogP contribution is 2.47. The standard InChI is InChI=1S/C24H31N3O2S/c1-24(22(29)26-23(30-24)25-20-14-17-7-8-18(20)13-17)19-9-11-27(12-10-19)21(28)15-16-5-3-2-4-6-16/h2-6,17-20H,7-15H2,1H3,(H,25,26,29)/t17-,18+,20+,24?/m1/s1. The normalized spacial score (nSPS) is 33.8. The van der Waals surface area contributed by atoms with Crippen LogP contribution in [-0.4, -0.2) is 45.8 Å². The molecule has 30 heavy (non-hydrogen) atoms. The van der Waals surface area contributed by atoms with Crippen LogP contribution in [0.15, 0.2) is 35.3 Å². The molecule has 2 bridgehead atoms. The van der Waals surface area contributed by atoms with E-state index in [4.69, 9.17) is 0 Å². The number of rotatable bonds is 4. The van der Waals surface area contributed by atoms with E-state index in [0.717, 1.165) is 48.5 Å². The Morgan fingerprint density at radius 1 is 1.17 bits per heavy atom. The molecule has 0 spiro atoms. The summed E-state index contributed by atoms with van der Waals surface area (Å²) in [5, 5.41) is 4.45. The first-order valence-corrected chi connectivity index (χ1v) is 12.2. The fourth-order valence-corrected chi connectivity index (χ4v) is 7.21. The van der Waals surface area contributed by atoms with Gasteiger partial charge in [0.1, 0.15) is 4.75 Å². The van der Waals surface area contributed by atoms with Crippen molar-refractivity contribution in [1.82, 2.24) is 10.2 Å². The molecule has 1 N–H and O–H groups in total. The van der Waals surface area contributed by atoms with Gasteiger partial charge >= 0.3 is 0 Å². The molecule has 0 radical (unpaired) electrons. The Morgan fingerprint density at radius 2 is 1.93 bits per heavy atom. The summed E-state index contributed by atoms with van der Waals surface area (Å²) in [6.45, 7) is 3.52. The molecule has 1 aromatic rings. The van der Waals surface area contributed by atoms with E-state index in [9.17, 15) is 9.59 Å². The van der Waals surface area contributed by atoms with Crippen molar-refractivity contribution in [2.45, 2.75) is 62.7 Å². The van der Waals surface area contributed by atoms with Crippen molar-refractivity contribution in [3.63, 3.8) is 0 Å². The van der Waals surface area contributed by atoms with E-state index in [1.807, 2.05) is 35.2 Å². The van der Waals surface area contributed by atoms with Crippen LogP contribution in [0.2, 0.25) is 0 Å². The minimum Gasteiger partial charge on any atom is -0.361 e. The van der Waals surface area contributed by atoms with E-state index in [0.29, 0.717) is 12.5 Å². The van der Waals surface area contributed by atoms with E-state index in [1.54, 1.807) is 11.8 Å². The first-order chi connectivity index (χ1) is 14.5. The summed E-state index contributed by atoms with van der Waals surface area (Å²) in [7, 11) is 0. The molecular formula is C24H31N3O2S. The lowest BCUT2D eigenvalue weighted by Gasteiger charge is -2.38. The summed E-state index contributed by atoms with van der Waals surface area (Å²) in [6, 6.07) is 10.4. The average Bonchev–Trinajstić information content (AvgIpc) is 3.44. The molecule has 4 aliphatic rings. The van der Waals surface area contributed by atoms with Gasteiger partial charge < -0.3 is 10.2 Å². The highest BCUT2D eigenvalue weighted by molar-refractivity contribution is 8.16. The second-order valence-electron chi connectivity index (χ2n) is 9.67. The smallest absolute Gasteiger partial charge is 0.264 e. The zero-order valence-corrected chi connectivity index (χ0v) is 18.5. The third-order valence-electron chi connectivity index (χ3n) is 7.81. The summed E-state index contributed by atoms with van der Waals surface area (Å²) in [4.78, 5) is 31.9. The molecule has 5 rings (SSSR count). The van der Waals surface area contributed by atoms with Crippen LogP contribution in [0.3, 0.4) is 0 Å². The second-order valence-corrected chi connectivity index (χ2v) is 11.1. The van der Waals surface area contributed by atoms with Crippen LogP contribution in [0.1, 0.15) is 51.0 Å². The summed E-state index contributed by atoms with van der Waals surface area (Å²) >= 11 is 1.64. The van der Waals surface area contributed by atoms with Crippen LogP contribution >= 0.6 is 11.8 Å². The number of aliphatic imine (C=N–C) groups is 1. The number of fused-ring (bicyclic) bond motifs is 2. The quantitative estimate of drug-likeness (QED) is 0.800. The SMILES string of the molecule is CC1(C2CCN(C(=O)Cc3ccccc3)CC2)SC(N[C@H]2C[C@@H]3CC[C@H]2C3)=NC1=O. The van der Waals surface area contributed by atoms with Gasteiger partial charge in [0, 0.05) is 19.1 Å². The number of nitrogens with one attached hydrogen (secondary N) is 1. The Hall–Kier alpha value is -1.82. The zero-order chi connectivity index (χ0) is 20.7. The monoisotopic (exact) mass is 425 g/mol. The molecule has 4 atom stereocenters. The molecule has 2 aliphatic carbocycles. The van der Waals surface area contributed by atoms with Crippen molar-refractivity contribution in [2.75, 3.05) is 13.1 Å². The molecule has 3 fully saturated rings. The average molecular weight is 426 g/mol. The topological polar surface area (TPSA) is 61.8 Å². The first-order valence-electron chi connectivity index (χ1n) is 11.4. The van der Waals surface area contributed by atoms with Crippen molar-refractivity contribution in [3.8, 4) is 0 Å². The molecule has 5 nitrogen and oxygen atoms in total. The number of likely N-dealkylation sites (tertiary alicyclic amines) is 1. The van der Waals surface area contributed by atoms with Gasteiger partial charge in [0.05, 0.1) is 6.42 Å². The largest absolute Gasteiger partial charge is 0.361 e. The lowest BCUT2D eigenvalue weighted by atomic mass is 9.84. The minimum absolute atomic E-state index is 0.00668. The van der Waals surface area contributed by atoms with E-state index < -0.39 is 4.75 Å². The van der Waals surface area contributed by atoms with Crippen LogP contribution in [0.25, 0.3) is 0 Å². The number of hydrogen-bond donors (Lipinski definition) is 1. The zero-order valence-electron chi connectivity index (χ0n) is 17.7. The molecule has 1 unspecified atom stereocenters. The van der Waals surface area contributed by atoms with Gasteiger partial charge in [-0.3, -0.25) is 9.59 Å². The molecule has 2 heterocycles. The third kappa shape index (κ3) is 3.79. The van der Waals surface area contributed by atoms with Crippen molar-refractivity contribution in [2.24, 2.45) is 22.7 Å². The molecule has 0 aromatic heterocycles. The van der Waals surface area contributed by atoms with E-state index in [1.165, 1.54) is 25.7 Å². The van der Waals surface area contributed by atoms with Crippen LogP contribution in [-0.2, 0) is 16.0 Å². The maximum atomic E-state index is 12.9. The number of hydrogen-bond acceptors (Lipinski definition) is 4. The predicted octanol–water partition coefficient (Wildman–Crippen LogP) is 3.63. The van der Waals surface area contributed by atoms with E-state index in [2.05, 4.69) is 17.2 Å². The number of benzene rings is 1. The summed E-state index contributed by atoms with van der Waals surface area (Å²) in [6.07, 6.45) is 7.46. The number of piperidine rings is 1. The predicted molar refractivity (Wildman–Crippen MR) is 120 cm³/mol. The Labute approximate surface area is 183 Å². The van der Waals surface area contributed by atoms with E-state index in [-0.39, 0.29) is 17.7 Å². The van der Waals surface area contributed by atoms with Crippen molar-refractivity contribution >= 4 is 28.7 Å². The van der Waals surface area contributed by atoms with Gasteiger partial charge in [-0.15, -0.1) is 0 Å². The third-order valence-corrected chi connectivity index (χ3v) is 9.14. The molecule has 2 aliphatic heterocycles. The second kappa shape index (κ2) is 8.03. The van der Waals surface area contributed by atoms with Gasteiger partial charge in [-0.05, 0) is 62.3 Å². The highest BCUT2D eigenvalue weighted by atomic mass is 32.2. The van der Waals surface area contributed by atoms with Gasteiger partial charge in [-0.25, -0.2) is 0 Å². The lowest BCUT2D eigenvalue weighted by molar-refractivity contribution is -0.132. The molecule has 1 aromatic carbocycles.